The summed E-state index contributed by atoms with van der Waals surface area (Å²) in [6.07, 6.45) is 2.71. The van der Waals surface area contributed by atoms with Crippen molar-refractivity contribution in [2.45, 2.75) is 51.5 Å². The van der Waals surface area contributed by atoms with Gasteiger partial charge >= 0.3 is 16.2 Å². The molecule has 1 aliphatic rings. The van der Waals surface area contributed by atoms with Crippen molar-refractivity contribution in [1.82, 2.24) is 13.9 Å². The summed E-state index contributed by atoms with van der Waals surface area (Å²) in [5.41, 5.74) is 1.35. The Morgan fingerprint density at radius 1 is 1.30 bits per heavy atom. The van der Waals surface area contributed by atoms with Gasteiger partial charge in [0.15, 0.2) is 0 Å². The average molecular weight is 485 g/mol. The van der Waals surface area contributed by atoms with Gasteiger partial charge in [-0.2, -0.15) is 12.7 Å². The minimum atomic E-state index is -4.05. The smallest absolute Gasteiger partial charge is 0.318 e. The van der Waals surface area contributed by atoms with Crippen molar-refractivity contribution < 1.29 is 27.1 Å². The number of aromatic nitrogens is 2. The Balaban J connectivity index is 2.00. The van der Waals surface area contributed by atoms with Gasteiger partial charge in [-0.05, 0) is 36.6 Å². The zero-order valence-electron chi connectivity index (χ0n) is 19.4. The third kappa shape index (κ3) is 5.35. The van der Waals surface area contributed by atoms with Gasteiger partial charge in [-0.1, -0.05) is 26.8 Å². The van der Waals surface area contributed by atoms with Crippen LogP contribution in [-0.2, 0) is 27.0 Å². The van der Waals surface area contributed by atoms with E-state index in [1.54, 1.807) is 24.3 Å². The van der Waals surface area contributed by atoms with Crippen LogP contribution in [0.2, 0.25) is 0 Å². The molecule has 1 heterocycles. The molecule has 0 fully saturated rings. The fourth-order valence-corrected chi connectivity index (χ4v) is 4.98. The molecule has 1 unspecified atom stereocenters. The number of alkyl halides is 2. The van der Waals surface area contributed by atoms with E-state index in [1.807, 2.05) is 25.3 Å². The number of hydrogen-bond acceptors (Lipinski definition) is 4. The largest absolute Gasteiger partial charge is 0.480 e. The Morgan fingerprint density at radius 3 is 2.52 bits per heavy atom. The van der Waals surface area contributed by atoms with E-state index in [4.69, 9.17) is 10.1 Å². The summed E-state index contributed by atoms with van der Waals surface area (Å²) in [4.78, 5) is 15.7. The molecule has 1 aromatic heterocycles. The number of imidazole rings is 1. The van der Waals surface area contributed by atoms with Gasteiger partial charge in [-0.25, -0.2) is 13.8 Å². The van der Waals surface area contributed by atoms with Gasteiger partial charge in [0.25, 0.3) is 5.92 Å². The van der Waals surface area contributed by atoms with Gasteiger partial charge in [0.1, 0.15) is 12.4 Å². The first kappa shape index (κ1) is 25.1. The highest BCUT2D eigenvalue weighted by molar-refractivity contribution is 7.90. The second-order valence-electron chi connectivity index (χ2n) is 9.51. The number of hydrogen-bond donors (Lipinski definition) is 1. The molecule has 3 rings (SSSR count). The monoisotopic (exact) mass is 484 g/mol. The van der Waals surface area contributed by atoms with Crippen LogP contribution in [0.1, 0.15) is 39.4 Å². The lowest BCUT2D eigenvalue weighted by Crippen LogP contribution is -2.42. The molecule has 1 atom stereocenters. The number of carboxylic acids is 1. The Morgan fingerprint density at radius 2 is 1.97 bits per heavy atom. The molecule has 1 aromatic carbocycles. The number of aliphatic carboxylic acids is 1. The molecule has 0 saturated carbocycles. The first-order chi connectivity index (χ1) is 15.1. The molecule has 1 N–H and O–H groups in total. The first-order valence-corrected chi connectivity index (χ1v) is 12.0. The molecule has 11 heteroatoms. The fraction of sp³-hybridized carbons (Fsp3) is 0.545. The molecule has 0 saturated heterocycles. The molecule has 0 bridgehead atoms. The zero-order valence-corrected chi connectivity index (χ0v) is 20.2. The summed E-state index contributed by atoms with van der Waals surface area (Å²) in [6, 6.07) is 5.03. The highest BCUT2D eigenvalue weighted by Gasteiger charge is 2.32. The van der Waals surface area contributed by atoms with Gasteiger partial charge in [-0.3, -0.25) is 9.10 Å². The molecule has 8 nitrogen and oxygen atoms in total. The van der Waals surface area contributed by atoms with Gasteiger partial charge < -0.3 is 9.67 Å². The SMILES string of the molecule is CN(CC(=O)O)S(=O)(=O)N(C)c1ccc2c(c1)nc(C(C)(C)C)n2CC1C=CC(F)(F)CC1. The van der Waals surface area contributed by atoms with Gasteiger partial charge in [-0.15, -0.1) is 0 Å². The lowest BCUT2D eigenvalue weighted by molar-refractivity contribution is -0.137. The topological polar surface area (TPSA) is 95.7 Å². The number of fused-ring (bicyclic) bond motifs is 1. The number of likely N-dealkylation sites (N-methyl/N-ethyl adjacent to an activating group) is 1. The van der Waals surface area contributed by atoms with E-state index in [-0.39, 0.29) is 17.8 Å². The molecular formula is C22H30F2N4O4S. The van der Waals surface area contributed by atoms with E-state index in [2.05, 4.69) is 0 Å². The van der Waals surface area contributed by atoms with Crippen molar-refractivity contribution in [2.24, 2.45) is 5.92 Å². The molecule has 1 aliphatic carbocycles. The predicted molar refractivity (Wildman–Crippen MR) is 123 cm³/mol. The Labute approximate surface area is 192 Å². The summed E-state index contributed by atoms with van der Waals surface area (Å²) < 4.78 is 56.3. The van der Waals surface area contributed by atoms with E-state index >= 15 is 0 Å². The number of halogens is 2. The number of nitrogens with zero attached hydrogens (tertiary/aromatic N) is 4. The van der Waals surface area contributed by atoms with Gasteiger partial charge in [0, 0.05) is 32.5 Å². The molecule has 0 amide bonds. The zero-order chi connectivity index (χ0) is 24.8. The fourth-order valence-electron chi connectivity index (χ4n) is 3.91. The normalized spacial score (nSPS) is 18.7. The second-order valence-corrected chi connectivity index (χ2v) is 11.6. The molecular weight excluding hydrogens is 454 g/mol. The lowest BCUT2D eigenvalue weighted by atomic mass is 9.92. The molecule has 182 valence electrons. The third-order valence-corrected chi connectivity index (χ3v) is 7.56. The molecule has 0 spiro atoms. The van der Waals surface area contributed by atoms with Crippen LogP contribution < -0.4 is 4.31 Å². The van der Waals surface area contributed by atoms with Crippen LogP contribution in [0.4, 0.5) is 14.5 Å². The minimum Gasteiger partial charge on any atom is -0.480 e. The molecule has 2 aromatic rings. The van der Waals surface area contributed by atoms with Crippen LogP contribution in [-0.4, -0.2) is 59.9 Å². The number of carbonyl (C=O) groups is 1. The average Bonchev–Trinajstić information content (AvgIpc) is 3.06. The third-order valence-electron chi connectivity index (χ3n) is 5.74. The first-order valence-electron chi connectivity index (χ1n) is 10.6. The van der Waals surface area contributed by atoms with Crippen molar-refractivity contribution in [3.63, 3.8) is 0 Å². The minimum absolute atomic E-state index is 0.0597. The van der Waals surface area contributed by atoms with Crippen molar-refractivity contribution in [2.75, 3.05) is 24.9 Å². The molecule has 0 radical (unpaired) electrons. The Hall–Kier alpha value is -2.53. The summed E-state index contributed by atoms with van der Waals surface area (Å²) in [5, 5.41) is 8.93. The molecule has 33 heavy (non-hydrogen) atoms. The summed E-state index contributed by atoms with van der Waals surface area (Å²) >= 11 is 0. The highest BCUT2D eigenvalue weighted by Crippen LogP contribution is 2.34. The molecule has 0 aliphatic heterocycles. The number of anilines is 1. The summed E-state index contributed by atoms with van der Waals surface area (Å²) in [7, 11) is -1.50. The number of allylic oxidation sites excluding steroid dienone is 2. The summed E-state index contributed by atoms with van der Waals surface area (Å²) in [6.45, 7) is 5.85. The van der Waals surface area contributed by atoms with E-state index in [0.29, 0.717) is 24.2 Å². The van der Waals surface area contributed by atoms with Crippen LogP contribution in [0.5, 0.6) is 0 Å². The lowest BCUT2D eigenvalue weighted by Gasteiger charge is -2.26. The van der Waals surface area contributed by atoms with Crippen LogP contribution in [0.3, 0.4) is 0 Å². The maximum absolute atomic E-state index is 13.5. The number of carboxylic acid groups (broad SMARTS) is 1. The van der Waals surface area contributed by atoms with Crippen LogP contribution in [0, 0.1) is 5.92 Å². The van der Waals surface area contributed by atoms with Crippen LogP contribution in [0.25, 0.3) is 11.0 Å². The highest BCUT2D eigenvalue weighted by atomic mass is 32.2. The van der Waals surface area contributed by atoms with Crippen LogP contribution in [0.15, 0.2) is 30.4 Å². The maximum atomic E-state index is 13.5. The van der Waals surface area contributed by atoms with E-state index in [1.165, 1.54) is 14.1 Å². The van der Waals surface area contributed by atoms with Crippen molar-refractivity contribution in [1.29, 1.82) is 0 Å². The predicted octanol–water partition coefficient (Wildman–Crippen LogP) is 3.63. The van der Waals surface area contributed by atoms with Crippen molar-refractivity contribution in [3.05, 3.63) is 36.2 Å². The van der Waals surface area contributed by atoms with E-state index < -0.39 is 28.6 Å². The van der Waals surface area contributed by atoms with E-state index in [0.717, 1.165) is 26.0 Å². The van der Waals surface area contributed by atoms with Crippen LogP contribution >= 0.6 is 0 Å². The number of benzene rings is 1. The van der Waals surface area contributed by atoms with Crippen molar-refractivity contribution in [3.8, 4) is 0 Å². The second kappa shape index (κ2) is 8.68. The van der Waals surface area contributed by atoms with Gasteiger partial charge in [0.05, 0.1) is 16.7 Å². The van der Waals surface area contributed by atoms with Gasteiger partial charge in [0.2, 0.25) is 0 Å². The standard InChI is InChI=1S/C22H30F2N4O4S/c1-21(2,3)20-25-17-12-16(27(5)33(31,32)26(4)14-19(29)30)6-7-18(17)28(20)13-15-8-10-22(23,24)11-9-15/h6-8,10,12,15H,9,11,13-14H2,1-5H3,(H,29,30). The summed E-state index contributed by atoms with van der Waals surface area (Å²) in [5.74, 6) is -3.31. The number of rotatable bonds is 7. The Kier molecular flexibility index (Phi) is 6.60. The van der Waals surface area contributed by atoms with E-state index in [9.17, 15) is 22.0 Å². The quantitative estimate of drug-likeness (QED) is 0.606. The maximum Gasteiger partial charge on any atom is 0.318 e. The van der Waals surface area contributed by atoms with Crippen molar-refractivity contribution >= 4 is 32.9 Å². The Bertz CT molecular complexity index is 1180.